The van der Waals surface area contributed by atoms with Crippen molar-refractivity contribution in [2.24, 2.45) is 4.99 Å². The first-order valence-corrected chi connectivity index (χ1v) is 7.77. The van der Waals surface area contributed by atoms with Crippen LogP contribution in [0.5, 0.6) is 0 Å². The van der Waals surface area contributed by atoms with Crippen molar-refractivity contribution in [1.29, 1.82) is 0 Å². The van der Waals surface area contributed by atoms with Crippen molar-refractivity contribution in [3.63, 3.8) is 0 Å². The Morgan fingerprint density at radius 1 is 1.30 bits per heavy atom. The van der Waals surface area contributed by atoms with E-state index in [-0.39, 0.29) is 11.7 Å². The van der Waals surface area contributed by atoms with E-state index in [9.17, 15) is 9.59 Å². The molecule has 5 heteroatoms. The molecule has 0 atom stereocenters. The number of hydrogen-bond donors (Lipinski definition) is 0. The number of rotatable bonds is 2. The Hall–Kier alpha value is -2.20. The number of likely N-dealkylation sites (N-methyl/N-ethyl adjacent to an activating group) is 1. The maximum absolute atomic E-state index is 12.3. The zero-order valence-corrected chi connectivity index (χ0v) is 14.1. The van der Waals surface area contributed by atoms with Crippen LogP contribution < -0.4 is 0 Å². The van der Waals surface area contributed by atoms with Crippen LogP contribution in [0, 0.1) is 0 Å². The molecule has 4 nitrogen and oxygen atoms in total. The first-order chi connectivity index (χ1) is 10.9. The molecule has 1 aliphatic carbocycles. The summed E-state index contributed by atoms with van der Waals surface area (Å²) in [6.07, 6.45) is 2.77. The molecule has 1 amide bonds. The highest BCUT2D eigenvalue weighted by molar-refractivity contribution is 6.33. The summed E-state index contributed by atoms with van der Waals surface area (Å²) < 4.78 is 0. The van der Waals surface area contributed by atoms with Crippen LogP contribution >= 0.6 is 11.6 Å². The molecule has 0 aromatic heterocycles. The fourth-order valence-electron chi connectivity index (χ4n) is 2.86. The number of hydrogen-bond acceptors (Lipinski definition) is 3. The van der Waals surface area contributed by atoms with Gasteiger partial charge in [0, 0.05) is 43.2 Å². The third-order valence-electron chi connectivity index (χ3n) is 4.04. The molecule has 0 bridgehead atoms. The van der Waals surface area contributed by atoms with Gasteiger partial charge in [-0.1, -0.05) is 17.7 Å². The van der Waals surface area contributed by atoms with Crippen molar-refractivity contribution in [2.45, 2.75) is 19.8 Å². The molecule has 1 aromatic carbocycles. The fourth-order valence-corrected chi connectivity index (χ4v) is 3.03. The zero-order chi connectivity index (χ0) is 16.7. The largest absolute Gasteiger partial charge is 0.343 e. The van der Waals surface area contributed by atoms with Crippen molar-refractivity contribution in [3.8, 4) is 0 Å². The molecule has 0 saturated heterocycles. The molecule has 0 saturated carbocycles. The van der Waals surface area contributed by atoms with E-state index in [2.05, 4.69) is 4.99 Å². The van der Waals surface area contributed by atoms with Gasteiger partial charge in [-0.3, -0.25) is 9.59 Å². The molecule has 0 spiro atoms. The Bertz CT molecular complexity index is 816. The number of carbonyl (C=O) groups is 2. The van der Waals surface area contributed by atoms with Crippen LogP contribution in [-0.2, 0) is 16.0 Å². The zero-order valence-electron chi connectivity index (χ0n) is 13.3. The minimum Gasteiger partial charge on any atom is -0.343 e. The number of amides is 1. The third-order valence-corrected chi connectivity index (χ3v) is 4.27. The number of fused-ring (bicyclic) bond motifs is 1. The molecule has 0 fully saturated rings. The molecule has 2 aliphatic rings. The minimum absolute atomic E-state index is 0.0648. The van der Waals surface area contributed by atoms with E-state index in [4.69, 9.17) is 11.6 Å². The van der Waals surface area contributed by atoms with Gasteiger partial charge in [0.25, 0.3) is 5.91 Å². The van der Waals surface area contributed by atoms with E-state index in [1.807, 2.05) is 19.1 Å². The number of ketones is 1. The molecule has 1 aromatic rings. The number of nitrogens with zero attached hydrogens (tertiary/aromatic N) is 2. The van der Waals surface area contributed by atoms with Crippen LogP contribution in [0.25, 0.3) is 5.57 Å². The minimum atomic E-state index is -0.114. The van der Waals surface area contributed by atoms with Gasteiger partial charge in [-0.25, -0.2) is 4.99 Å². The predicted molar refractivity (Wildman–Crippen MR) is 91.6 cm³/mol. The van der Waals surface area contributed by atoms with Gasteiger partial charge in [0.15, 0.2) is 5.78 Å². The van der Waals surface area contributed by atoms with Crippen molar-refractivity contribution in [2.75, 3.05) is 14.1 Å². The second kappa shape index (κ2) is 5.78. The second-order valence-electron chi connectivity index (χ2n) is 6.07. The quantitative estimate of drug-likeness (QED) is 0.783. The van der Waals surface area contributed by atoms with Crippen LogP contribution in [0.3, 0.4) is 0 Å². The smallest absolute Gasteiger partial charge is 0.271 e. The van der Waals surface area contributed by atoms with Gasteiger partial charge in [-0.05, 0) is 41.8 Å². The summed E-state index contributed by atoms with van der Waals surface area (Å²) in [5.74, 6) is -0.0490. The summed E-state index contributed by atoms with van der Waals surface area (Å²) >= 11 is 6.05. The maximum atomic E-state index is 12.3. The van der Waals surface area contributed by atoms with Crippen molar-refractivity contribution in [3.05, 3.63) is 51.7 Å². The van der Waals surface area contributed by atoms with E-state index in [0.717, 1.165) is 22.4 Å². The molecule has 118 valence electrons. The lowest BCUT2D eigenvalue weighted by Gasteiger charge is -2.09. The first kappa shape index (κ1) is 15.7. The highest BCUT2D eigenvalue weighted by Gasteiger charge is 2.27. The van der Waals surface area contributed by atoms with E-state index in [0.29, 0.717) is 29.1 Å². The lowest BCUT2D eigenvalue weighted by Crippen LogP contribution is -2.22. The first-order valence-electron chi connectivity index (χ1n) is 7.39. The van der Waals surface area contributed by atoms with E-state index in [1.165, 1.54) is 4.90 Å². The molecular weight excluding hydrogens is 312 g/mol. The Kier molecular flexibility index (Phi) is 3.94. The summed E-state index contributed by atoms with van der Waals surface area (Å²) in [7, 11) is 3.40. The maximum Gasteiger partial charge on any atom is 0.271 e. The molecule has 3 rings (SSSR count). The third kappa shape index (κ3) is 2.86. The number of benzene rings is 1. The molecule has 0 N–H and O–H groups in total. The van der Waals surface area contributed by atoms with Crippen molar-refractivity contribution in [1.82, 2.24) is 4.90 Å². The lowest BCUT2D eigenvalue weighted by atomic mass is 10.0. The monoisotopic (exact) mass is 328 g/mol. The highest BCUT2D eigenvalue weighted by Crippen LogP contribution is 2.33. The standard InChI is InChI=1S/C18H17ClN2O2/c1-10-6-13(20-17(10)18(23)21(2)3)9-15-14-8-12(19)5-4-11(14)7-16(15)22/h4-5,8-9H,6-7H2,1-3H3/b15-9-. The average Bonchev–Trinajstić information content (AvgIpc) is 2.99. The van der Waals surface area contributed by atoms with Gasteiger partial charge in [0.05, 0.1) is 0 Å². The van der Waals surface area contributed by atoms with Crippen LogP contribution in [0.2, 0.25) is 5.02 Å². The normalized spacial score (nSPS) is 18.5. The van der Waals surface area contributed by atoms with Crippen LogP contribution in [0.4, 0.5) is 0 Å². The number of halogens is 1. The molecule has 23 heavy (non-hydrogen) atoms. The Morgan fingerprint density at radius 3 is 2.74 bits per heavy atom. The van der Waals surface area contributed by atoms with Crippen molar-refractivity contribution < 1.29 is 9.59 Å². The average molecular weight is 329 g/mol. The summed E-state index contributed by atoms with van der Waals surface area (Å²) in [6, 6.07) is 5.50. The lowest BCUT2D eigenvalue weighted by molar-refractivity contribution is -0.124. The van der Waals surface area contributed by atoms with E-state index in [1.54, 1.807) is 26.2 Å². The molecule has 0 unspecified atom stereocenters. The van der Waals surface area contributed by atoms with Crippen LogP contribution in [0.1, 0.15) is 24.5 Å². The van der Waals surface area contributed by atoms with Crippen LogP contribution in [-0.4, -0.2) is 36.4 Å². The number of allylic oxidation sites excluding steroid dienone is 3. The summed E-state index contributed by atoms with van der Waals surface area (Å²) in [5, 5.41) is 0.607. The van der Waals surface area contributed by atoms with Gasteiger partial charge in [0.2, 0.25) is 0 Å². The van der Waals surface area contributed by atoms with E-state index >= 15 is 0 Å². The second-order valence-corrected chi connectivity index (χ2v) is 6.50. The summed E-state index contributed by atoms with van der Waals surface area (Å²) in [4.78, 5) is 30.3. The SMILES string of the molecule is CC1=C(C(=O)N(C)C)N=C(/C=C2\C(=O)Cc3ccc(Cl)cc32)C1. The number of Topliss-reactive ketones (excluding diaryl/α,β-unsaturated/α-hetero) is 1. The van der Waals surface area contributed by atoms with Crippen LogP contribution in [0.15, 0.2) is 40.5 Å². The number of carbonyl (C=O) groups excluding carboxylic acids is 2. The van der Waals surface area contributed by atoms with Gasteiger partial charge in [-0.2, -0.15) is 0 Å². The molecule has 0 radical (unpaired) electrons. The molecule has 1 aliphatic heterocycles. The Balaban J connectivity index is 1.96. The summed E-state index contributed by atoms with van der Waals surface area (Å²) in [5.41, 5.74) is 4.62. The number of aliphatic imine (C=N–C) groups is 1. The van der Waals surface area contributed by atoms with Gasteiger partial charge in [-0.15, -0.1) is 0 Å². The fraction of sp³-hybridized carbons (Fsp3) is 0.278. The Labute approximate surface area is 140 Å². The summed E-state index contributed by atoms with van der Waals surface area (Å²) in [6.45, 7) is 1.90. The topological polar surface area (TPSA) is 49.7 Å². The predicted octanol–water partition coefficient (Wildman–Crippen LogP) is 3.06. The van der Waals surface area contributed by atoms with Gasteiger partial charge < -0.3 is 4.90 Å². The molecular formula is C18H17ClN2O2. The molecule has 1 heterocycles. The van der Waals surface area contributed by atoms with Gasteiger partial charge >= 0.3 is 0 Å². The Morgan fingerprint density at radius 2 is 2.04 bits per heavy atom. The highest BCUT2D eigenvalue weighted by atomic mass is 35.5. The van der Waals surface area contributed by atoms with E-state index < -0.39 is 0 Å². The van der Waals surface area contributed by atoms with Crippen molar-refractivity contribution >= 4 is 34.6 Å². The van der Waals surface area contributed by atoms with Gasteiger partial charge in [0.1, 0.15) is 5.70 Å².